The maximum atomic E-state index is 4.17. The van der Waals surface area contributed by atoms with Gasteiger partial charge in [0.25, 0.3) is 0 Å². The first-order valence-electron chi connectivity index (χ1n) is 0.612. The van der Waals surface area contributed by atoms with Gasteiger partial charge >= 0.3 is 16.5 Å². The van der Waals surface area contributed by atoms with Gasteiger partial charge in [-0.15, -0.1) is 0 Å². The Balaban J connectivity index is 0. The third-order valence-electron chi connectivity index (χ3n) is 0. The summed E-state index contributed by atoms with van der Waals surface area (Å²) in [6, 6.07) is 0. The molecule has 0 heterocycles. The molecule has 0 aliphatic carbocycles. The average molecular weight is 167 g/mol. The van der Waals surface area contributed by atoms with Gasteiger partial charge in [-0.2, -0.15) is 0 Å². The molecule has 0 fully saturated rings. The van der Waals surface area contributed by atoms with E-state index in [1.165, 1.54) is 0 Å². The topological polar surface area (TPSA) is 0 Å². The molecule has 0 nitrogen and oxygen atoms in total. The van der Waals surface area contributed by atoms with Crippen LogP contribution >= 0.6 is 12.2 Å². The molecular formula is CNiS3. The zero-order valence-electron chi connectivity index (χ0n) is 2.04. The van der Waals surface area contributed by atoms with Crippen LogP contribution in [0.1, 0.15) is 0 Å². The van der Waals surface area contributed by atoms with E-state index in [1.807, 2.05) is 0 Å². The Morgan fingerprint density at radius 3 is 1.40 bits per heavy atom. The van der Waals surface area contributed by atoms with Crippen LogP contribution in [0.5, 0.6) is 0 Å². The predicted molar refractivity (Wildman–Crippen MR) is 27.3 cm³/mol. The first-order valence-corrected chi connectivity index (χ1v) is 1.84. The Morgan fingerprint density at radius 1 is 1.40 bits per heavy atom. The van der Waals surface area contributed by atoms with Gasteiger partial charge in [-0.25, -0.2) is 0 Å². The summed E-state index contributed by atoms with van der Waals surface area (Å²) in [5, 5.41) is 0. The van der Waals surface area contributed by atoms with Gasteiger partial charge in [0.05, 0.1) is 0 Å². The van der Waals surface area contributed by atoms with Crippen LogP contribution in [0.3, 0.4) is 0 Å². The van der Waals surface area contributed by atoms with E-state index in [-0.39, 0.29) is 20.0 Å². The SMILES string of the molecule is S=C([S-])[S-].[Ni+2]. The Labute approximate surface area is 57.5 Å². The second-order valence-corrected chi connectivity index (χ2v) is 2.25. The molecule has 0 saturated carbocycles. The second kappa shape index (κ2) is 5.02. The van der Waals surface area contributed by atoms with Crippen molar-refractivity contribution in [1.82, 2.24) is 0 Å². The van der Waals surface area contributed by atoms with Gasteiger partial charge in [0.1, 0.15) is 0 Å². The summed E-state index contributed by atoms with van der Waals surface area (Å²) in [6.45, 7) is 0. The van der Waals surface area contributed by atoms with E-state index < -0.39 is 0 Å². The van der Waals surface area contributed by atoms with E-state index in [2.05, 4.69) is 37.5 Å². The van der Waals surface area contributed by atoms with Gasteiger partial charge in [0.15, 0.2) is 0 Å². The monoisotopic (exact) mass is 166 g/mol. The van der Waals surface area contributed by atoms with Crippen molar-refractivity contribution in [3.63, 3.8) is 0 Å². The van der Waals surface area contributed by atoms with E-state index in [4.69, 9.17) is 0 Å². The summed E-state index contributed by atoms with van der Waals surface area (Å²) in [5.41, 5.74) is 0. The normalized spacial score (nSPS) is 4.80. The fraction of sp³-hybridized carbons (Fsp3) is 0. The zero-order valence-corrected chi connectivity index (χ0v) is 5.48. The predicted octanol–water partition coefficient (Wildman–Crippen LogP) is 0.363. The van der Waals surface area contributed by atoms with Crippen molar-refractivity contribution in [2.24, 2.45) is 0 Å². The van der Waals surface area contributed by atoms with Crippen LogP contribution in [-0.4, -0.2) is 3.53 Å². The molecule has 0 aliphatic heterocycles. The minimum absolute atomic E-state index is 0. The van der Waals surface area contributed by atoms with Crippen LogP contribution in [0.4, 0.5) is 0 Å². The van der Waals surface area contributed by atoms with Crippen molar-refractivity contribution in [2.75, 3.05) is 0 Å². The van der Waals surface area contributed by atoms with Crippen molar-refractivity contribution in [1.29, 1.82) is 0 Å². The minimum atomic E-state index is 0. The minimum Gasteiger partial charge on any atom is -0.570 e. The maximum Gasteiger partial charge on any atom is 2.00 e. The molecule has 0 aromatic heterocycles. The van der Waals surface area contributed by atoms with E-state index in [1.54, 1.807) is 0 Å². The van der Waals surface area contributed by atoms with Crippen LogP contribution in [0.2, 0.25) is 0 Å². The first kappa shape index (κ1) is 9.39. The Morgan fingerprint density at radius 2 is 1.40 bits per heavy atom. The quantitative estimate of drug-likeness (QED) is 0.290. The van der Waals surface area contributed by atoms with Gasteiger partial charge in [0.2, 0.25) is 0 Å². The first-order chi connectivity index (χ1) is 1.73. The van der Waals surface area contributed by atoms with Crippen LogP contribution in [-0.2, 0) is 41.7 Å². The summed E-state index contributed by atoms with van der Waals surface area (Å²) in [6.07, 6.45) is 0. The molecule has 0 aliphatic rings. The van der Waals surface area contributed by atoms with Crippen molar-refractivity contribution in [3.05, 3.63) is 0 Å². The number of hydrogen-bond acceptors (Lipinski definition) is 3. The molecular weight excluding hydrogens is 167 g/mol. The third kappa shape index (κ3) is 43.8. The number of hydrogen-bond donors (Lipinski definition) is 0. The molecule has 0 amide bonds. The fourth-order valence-electron chi connectivity index (χ4n) is 0. The Bertz CT molecular complexity index is 29.9. The molecule has 5 heavy (non-hydrogen) atoms. The van der Waals surface area contributed by atoms with E-state index in [9.17, 15) is 0 Å². The molecule has 0 aromatic rings. The second-order valence-electron chi connectivity index (χ2n) is 0.250. The van der Waals surface area contributed by atoms with Gasteiger partial charge in [0, 0.05) is 0 Å². The van der Waals surface area contributed by atoms with Gasteiger partial charge in [-0.05, 0) is 0 Å². The molecule has 4 heteroatoms. The average Bonchev–Trinajstić information content (AvgIpc) is 0.811. The molecule has 0 aromatic carbocycles. The molecule has 0 N–H and O–H groups in total. The van der Waals surface area contributed by atoms with Crippen LogP contribution < -0.4 is 0 Å². The molecule has 0 rings (SSSR count). The van der Waals surface area contributed by atoms with Crippen LogP contribution in [0.25, 0.3) is 0 Å². The standard InChI is InChI=1S/CH2S3.Ni/c2-1(3)4;/h(H2,2,3,4);/q;+2/p-2. The molecule has 0 unspecified atom stereocenters. The van der Waals surface area contributed by atoms with E-state index in [0.29, 0.717) is 0 Å². The Kier molecular flexibility index (Phi) is 9.43. The summed E-state index contributed by atoms with van der Waals surface area (Å²) in [5.74, 6) is 0. The molecule has 32 valence electrons. The van der Waals surface area contributed by atoms with Crippen molar-refractivity contribution in [2.45, 2.75) is 0 Å². The van der Waals surface area contributed by atoms with Crippen molar-refractivity contribution < 1.29 is 16.5 Å². The third-order valence-corrected chi connectivity index (χ3v) is 0. The fourth-order valence-corrected chi connectivity index (χ4v) is 0. The van der Waals surface area contributed by atoms with E-state index >= 15 is 0 Å². The van der Waals surface area contributed by atoms with Crippen LogP contribution in [0.15, 0.2) is 0 Å². The Hall–Kier alpha value is 1.02. The number of rotatable bonds is 0. The van der Waals surface area contributed by atoms with Crippen LogP contribution in [0, 0.1) is 0 Å². The summed E-state index contributed by atoms with van der Waals surface area (Å²) < 4.78 is 0.167. The molecule has 0 bridgehead atoms. The maximum absolute atomic E-state index is 4.17. The van der Waals surface area contributed by atoms with Crippen molar-refractivity contribution in [3.8, 4) is 0 Å². The molecule has 0 saturated heterocycles. The van der Waals surface area contributed by atoms with Crippen molar-refractivity contribution >= 4 is 41.0 Å². The zero-order chi connectivity index (χ0) is 3.58. The van der Waals surface area contributed by atoms with Gasteiger partial charge < -0.3 is 37.5 Å². The summed E-state index contributed by atoms with van der Waals surface area (Å²) >= 11 is 12.5. The smallest absolute Gasteiger partial charge is 0.570 e. The summed E-state index contributed by atoms with van der Waals surface area (Å²) in [4.78, 5) is 0. The summed E-state index contributed by atoms with van der Waals surface area (Å²) in [7, 11) is 0. The molecule has 0 atom stereocenters. The number of thiocarbonyl (C=S) groups is 1. The largest absolute Gasteiger partial charge is 2.00 e. The van der Waals surface area contributed by atoms with Gasteiger partial charge in [-0.1, -0.05) is 0 Å². The molecule has 0 radical (unpaired) electrons. The van der Waals surface area contributed by atoms with Gasteiger partial charge in [-0.3, -0.25) is 3.53 Å². The molecule has 0 spiro atoms. The van der Waals surface area contributed by atoms with E-state index in [0.717, 1.165) is 0 Å².